The summed E-state index contributed by atoms with van der Waals surface area (Å²) < 4.78 is 45.4. The smallest absolute Gasteiger partial charge is 0.381 e. The Hall–Kier alpha value is -2.65. The number of H-pyrrole nitrogens is 1. The van der Waals surface area contributed by atoms with Crippen LogP contribution in [0.5, 0.6) is 0 Å². The summed E-state index contributed by atoms with van der Waals surface area (Å²) in [5, 5.41) is 3.89. The molecule has 2 atom stereocenters. The number of aromatic amines is 1. The van der Waals surface area contributed by atoms with Crippen molar-refractivity contribution in [1.29, 1.82) is 0 Å². The molecule has 2 unspecified atom stereocenters. The van der Waals surface area contributed by atoms with E-state index >= 15 is 0 Å². The molecule has 2 fully saturated rings. The van der Waals surface area contributed by atoms with E-state index in [2.05, 4.69) is 37.3 Å². The van der Waals surface area contributed by atoms with Gasteiger partial charge in [-0.15, -0.1) is 0 Å². The summed E-state index contributed by atoms with van der Waals surface area (Å²) in [6.45, 7) is 3.75. The van der Waals surface area contributed by atoms with Gasteiger partial charge in [-0.25, -0.2) is 9.97 Å². The first-order valence-corrected chi connectivity index (χ1v) is 11.5. The summed E-state index contributed by atoms with van der Waals surface area (Å²) in [5.41, 5.74) is 2.20. The fourth-order valence-corrected chi connectivity index (χ4v) is 5.84. The zero-order valence-electron chi connectivity index (χ0n) is 18.2. The SMILES string of the molecule is FC(F)(F)c1cc2c(NC3c4ccccc4CCC3N3CC4(CCOCC4)C3)ncnc2[nH]1. The zero-order valence-corrected chi connectivity index (χ0v) is 18.2. The van der Waals surface area contributed by atoms with Crippen LogP contribution in [0, 0.1) is 5.41 Å². The molecule has 1 aromatic carbocycles. The van der Waals surface area contributed by atoms with E-state index < -0.39 is 11.9 Å². The lowest BCUT2D eigenvalue weighted by atomic mass is 9.71. The maximum absolute atomic E-state index is 13.3. The van der Waals surface area contributed by atoms with E-state index in [1.165, 1.54) is 17.5 Å². The highest BCUT2D eigenvalue weighted by atomic mass is 19.4. The van der Waals surface area contributed by atoms with Gasteiger partial charge in [0.15, 0.2) is 0 Å². The van der Waals surface area contributed by atoms with Crippen LogP contribution in [0.3, 0.4) is 0 Å². The Bertz CT molecular complexity index is 1160. The zero-order chi connectivity index (χ0) is 22.6. The highest BCUT2D eigenvalue weighted by molar-refractivity contribution is 5.88. The van der Waals surface area contributed by atoms with Crippen LogP contribution in [0.4, 0.5) is 19.0 Å². The summed E-state index contributed by atoms with van der Waals surface area (Å²) in [6, 6.07) is 9.63. The van der Waals surface area contributed by atoms with Crippen LogP contribution in [0.2, 0.25) is 0 Å². The lowest BCUT2D eigenvalue weighted by Gasteiger charge is -2.57. The first-order chi connectivity index (χ1) is 15.9. The van der Waals surface area contributed by atoms with Crippen molar-refractivity contribution in [2.24, 2.45) is 5.41 Å². The molecule has 2 aromatic heterocycles. The molecule has 0 bridgehead atoms. The Labute approximate surface area is 189 Å². The molecule has 9 heteroatoms. The molecule has 33 heavy (non-hydrogen) atoms. The van der Waals surface area contributed by atoms with Crippen molar-refractivity contribution in [2.75, 3.05) is 31.6 Å². The Morgan fingerprint density at radius 1 is 1.12 bits per heavy atom. The Kier molecular flexibility index (Phi) is 4.88. The first-order valence-electron chi connectivity index (χ1n) is 11.5. The number of likely N-dealkylation sites (tertiary alicyclic amines) is 1. The van der Waals surface area contributed by atoms with Crippen LogP contribution in [0.1, 0.15) is 42.1 Å². The average Bonchev–Trinajstić information content (AvgIpc) is 3.24. The number of benzene rings is 1. The number of rotatable bonds is 3. The number of hydrogen-bond acceptors (Lipinski definition) is 5. The average molecular weight is 458 g/mol. The quantitative estimate of drug-likeness (QED) is 0.604. The molecule has 0 radical (unpaired) electrons. The third-order valence-electron chi connectivity index (χ3n) is 7.61. The van der Waals surface area contributed by atoms with Crippen molar-refractivity contribution < 1.29 is 17.9 Å². The van der Waals surface area contributed by atoms with E-state index in [0.29, 0.717) is 16.6 Å². The molecule has 6 nitrogen and oxygen atoms in total. The van der Waals surface area contributed by atoms with Gasteiger partial charge in [0.1, 0.15) is 23.5 Å². The molecule has 2 saturated heterocycles. The van der Waals surface area contributed by atoms with Crippen molar-refractivity contribution in [3.8, 4) is 0 Å². The lowest BCUT2D eigenvalue weighted by Crippen LogP contribution is -2.63. The van der Waals surface area contributed by atoms with Gasteiger partial charge in [0.2, 0.25) is 0 Å². The van der Waals surface area contributed by atoms with Crippen LogP contribution >= 0.6 is 0 Å². The van der Waals surface area contributed by atoms with Crippen LogP contribution < -0.4 is 5.32 Å². The van der Waals surface area contributed by atoms with Gasteiger partial charge in [0.25, 0.3) is 0 Å². The summed E-state index contributed by atoms with van der Waals surface area (Å²) >= 11 is 0. The maximum Gasteiger partial charge on any atom is 0.431 e. The summed E-state index contributed by atoms with van der Waals surface area (Å²) in [5.74, 6) is 0.430. The summed E-state index contributed by atoms with van der Waals surface area (Å²) in [7, 11) is 0. The fourth-order valence-electron chi connectivity index (χ4n) is 5.84. The maximum atomic E-state index is 13.3. The van der Waals surface area contributed by atoms with Gasteiger partial charge in [-0.2, -0.15) is 13.2 Å². The largest absolute Gasteiger partial charge is 0.431 e. The van der Waals surface area contributed by atoms with E-state index in [-0.39, 0.29) is 17.7 Å². The minimum Gasteiger partial charge on any atom is -0.381 e. The van der Waals surface area contributed by atoms with Gasteiger partial charge in [-0.1, -0.05) is 24.3 Å². The van der Waals surface area contributed by atoms with Crippen molar-refractivity contribution in [3.63, 3.8) is 0 Å². The molecule has 3 aromatic rings. The number of alkyl halides is 3. The number of aromatic nitrogens is 3. The van der Waals surface area contributed by atoms with E-state index in [1.807, 2.05) is 12.1 Å². The normalized spacial score (nSPS) is 25.1. The monoisotopic (exact) mass is 457 g/mol. The molecule has 6 rings (SSSR count). The van der Waals surface area contributed by atoms with Crippen molar-refractivity contribution in [3.05, 3.63) is 53.5 Å². The van der Waals surface area contributed by atoms with E-state index in [9.17, 15) is 13.2 Å². The number of anilines is 1. The van der Waals surface area contributed by atoms with Crippen LogP contribution in [0.15, 0.2) is 36.7 Å². The highest BCUT2D eigenvalue weighted by Gasteiger charge is 2.48. The first kappa shape index (κ1) is 20.9. The predicted octanol–water partition coefficient (Wildman–Crippen LogP) is 4.56. The fraction of sp³-hybridized carbons (Fsp3) is 0.500. The highest BCUT2D eigenvalue weighted by Crippen LogP contribution is 2.46. The number of fused-ring (bicyclic) bond motifs is 2. The van der Waals surface area contributed by atoms with E-state index in [4.69, 9.17) is 4.74 Å². The molecule has 2 aliphatic heterocycles. The Morgan fingerprint density at radius 2 is 1.91 bits per heavy atom. The molecule has 174 valence electrons. The number of hydrogen-bond donors (Lipinski definition) is 2. The second kappa shape index (κ2) is 7.70. The molecule has 4 heterocycles. The summed E-state index contributed by atoms with van der Waals surface area (Å²) in [4.78, 5) is 13.3. The Morgan fingerprint density at radius 3 is 2.70 bits per heavy atom. The minimum atomic E-state index is -4.46. The van der Waals surface area contributed by atoms with Gasteiger partial charge in [-0.05, 0) is 42.9 Å². The van der Waals surface area contributed by atoms with Crippen molar-refractivity contribution in [1.82, 2.24) is 19.9 Å². The van der Waals surface area contributed by atoms with Crippen LogP contribution in [-0.2, 0) is 17.3 Å². The second-order valence-electron chi connectivity index (χ2n) is 9.61. The third-order valence-corrected chi connectivity index (χ3v) is 7.61. The summed E-state index contributed by atoms with van der Waals surface area (Å²) in [6.07, 6.45) is 1.03. The van der Waals surface area contributed by atoms with Gasteiger partial charge in [0, 0.05) is 37.8 Å². The molecule has 1 aliphatic carbocycles. The topological polar surface area (TPSA) is 66.1 Å². The predicted molar refractivity (Wildman–Crippen MR) is 118 cm³/mol. The van der Waals surface area contributed by atoms with Gasteiger partial charge in [-0.3, -0.25) is 4.90 Å². The molecular formula is C24H26F3N5O. The molecule has 0 amide bonds. The number of ether oxygens (including phenoxy) is 1. The molecular weight excluding hydrogens is 431 g/mol. The van der Waals surface area contributed by atoms with Crippen LogP contribution in [-0.4, -0.2) is 52.2 Å². The molecule has 2 N–H and O–H groups in total. The van der Waals surface area contributed by atoms with Crippen molar-refractivity contribution in [2.45, 2.75) is 43.9 Å². The standard InChI is InChI=1S/C24H26F3N5O/c25-24(26,27)19-11-17-21(30-19)28-14-29-22(17)31-20-16-4-2-1-3-15(16)5-6-18(20)32-12-23(13-32)7-9-33-10-8-23/h1-4,11,14,18,20H,5-10,12-13H2,(H2,28,29,30,31). The van der Waals surface area contributed by atoms with Crippen molar-refractivity contribution >= 4 is 16.9 Å². The molecule has 0 saturated carbocycles. The number of nitrogens with one attached hydrogen (secondary N) is 2. The van der Waals surface area contributed by atoms with E-state index in [0.717, 1.165) is 58.1 Å². The van der Waals surface area contributed by atoms with Crippen LogP contribution in [0.25, 0.3) is 11.0 Å². The number of aryl methyl sites for hydroxylation is 1. The number of nitrogens with zero attached hydrogens (tertiary/aromatic N) is 3. The van der Waals surface area contributed by atoms with E-state index in [1.54, 1.807) is 0 Å². The van der Waals surface area contributed by atoms with Gasteiger partial charge >= 0.3 is 6.18 Å². The molecule has 1 spiro atoms. The number of halogens is 3. The van der Waals surface area contributed by atoms with Gasteiger partial charge in [0.05, 0.1) is 11.4 Å². The van der Waals surface area contributed by atoms with Gasteiger partial charge < -0.3 is 15.0 Å². The minimum absolute atomic E-state index is 0.0607. The third kappa shape index (κ3) is 3.67. The lowest BCUT2D eigenvalue weighted by molar-refractivity contribution is -0.140. The second-order valence-corrected chi connectivity index (χ2v) is 9.61. The Balaban J connectivity index is 1.33. The molecule has 3 aliphatic rings.